The average molecular weight is 174 g/mol. The van der Waals surface area contributed by atoms with Crippen LogP contribution in [0.3, 0.4) is 0 Å². The van der Waals surface area contributed by atoms with E-state index in [1.165, 1.54) is 16.8 Å². The van der Waals surface area contributed by atoms with Crippen LogP contribution in [-0.2, 0) is 0 Å². The highest BCUT2D eigenvalue weighted by atomic mass is 16.1. The van der Waals surface area contributed by atoms with Gasteiger partial charge < -0.3 is 4.98 Å². The molecule has 5 nitrogen and oxygen atoms in total. The van der Waals surface area contributed by atoms with E-state index in [2.05, 4.69) is 10.1 Å². The van der Waals surface area contributed by atoms with Crippen molar-refractivity contribution in [2.24, 2.45) is 0 Å². The molecule has 0 aromatic carbocycles. The van der Waals surface area contributed by atoms with Gasteiger partial charge in [0.15, 0.2) is 5.65 Å². The van der Waals surface area contributed by atoms with E-state index in [1.54, 1.807) is 6.92 Å². The minimum absolute atomic E-state index is 0.229. The standard InChI is InChI=1S/C8H6N4O/c1-5-2-7(13)12-8(11-5)6(3-9)4-10-12/h2,4,11H,1H3. The van der Waals surface area contributed by atoms with Crippen LogP contribution < -0.4 is 5.56 Å². The van der Waals surface area contributed by atoms with Crippen LogP contribution in [0.5, 0.6) is 0 Å². The van der Waals surface area contributed by atoms with Crippen LogP contribution in [0.1, 0.15) is 11.3 Å². The van der Waals surface area contributed by atoms with Gasteiger partial charge in [0.05, 0.1) is 6.20 Å². The first-order valence-electron chi connectivity index (χ1n) is 3.70. The van der Waals surface area contributed by atoms with Crippen LogP contribution in [0, 0.1) is 18.3 Å². The second-order valence-electron chi connectivity index (χ2n) is 2.72. The average Bonchev–Trinajstić information content (AvgIpc) is 2.47. The molecule has 2 aromatic heterocycles. The fourth-order valence-corrected chi connectivity index (χ4v) is 1.19. The monoisotopic (exact) mass is 174 g/mol. The Balaban J connectivity index is 3.00. The Morgan fingerprint density at radius 3 is 3.15 bits per heavy atom. The number of rotatable bonds is 0. The van der Waals surface area contributed by atoms with Crippen LogP contribution in [0.15, 0.2) is 17.1 Å². The molecule has 2 aromatic rings. The summed E-state index contributed by atoms with van der Waals surface area (Å²) in [6.45, 7) is 1.76. The van der Waals surface area contributed by atoms with Crippen LogP contribution in [0.25, 0.3) is 5.65 Å². The zero-order valence-electron chi connectivity index (χ0n) is 6.90. The van der Waals surface area contributed by atoms with Gasteiger partial charge in [0, 0.05) is 11.8 Å². The van der Waals surface area contributed by atoms with Gasteiger partial charge in [-0.1, -0.05) is 0 Å². The summed E-state index contributed by atoms with van der Waals surface area (Å²) in [5.74, 6) is 0. The summed E-state index contributed by atoms with van der Waals surface area (Å²) in [4.78, 5) is 14.2. The molecule has 0 radical (unpaired) electrons. The van der Waals surface area contributed by atoms with E-state index in [9.17, 15) is 4.79 Å². The second-order valence-corrected chi connectivity index (χ2v) is 2.72. The lowest BCUT2D eigenvalue weighted by Crippen LogP contribution is -2.14. The molecular formula is C8H6N4O. The van der Waals surface area contributed by atoms with Gasteiger partial charge in [0.25, 0.3) is 5.56 Å². The molecule has 0 amide bonds. The first-order chi connectivity index (χ1) is 6.22. The summed E-state index contributed by atoms with van der Waals surface area (Å²) in [5, 5.41) is 12.5. The second kappa shape index (κ2) is 2.45. The molecule has 2 heterocycles. The van der Waals surface area contributed by atoms with Gasteiger partial charge in [-0.2, -0.15) is 14.9 Å². The number of hydrogen-bond acceptors (Lipinski definition) is 3. The number of H-pyrrole nitrogens is 1. The van der Waals surface area contributed by atoms with Gasteiger partial charge in [0.1, 0.15) is 11.6 Å². The van der Waals surface area contributed by atoms with E-state index in [4.69, 9.17) is 5.26 Å². The van der Waals surface area contributed by atoms with E-state index in [-0.39, 0.29) is 5.56 Å². The van der Waals surface area contributed by atoms with E-state index in [1.807, 2.05) is 6.07 Å². The van der Waals surface area contributed by atoms with Crippen molar-refractivity contribution in [2.45, 2.75) is 6.92 Å². The normalized spacial score (nSPS) is 10.2. The molecule has 0 atom stereocenters. The summed E-state index contributed by atoms with van der Waals surface area (Å²) >= 11 is 0. The molecule has 0 aliphatic heterocycles. The highest BCUT2D eigenvalue weighted by Gasteiger charge is 2.05. The number of aromatic nitrogens is 3. The van der Waals surface area contributed by atoms with Gasteiger partial charge in [-0.3, -0.25) is 4.79 Å². The maximum absolute atomic E-state index is 11.3. The van der Waals surface area contributed by atoms with E-state index < -0.39 is 0 Å². The fraction of sp³-hybridized carbons (Fsp3) is 0.125. The molecule has 0 unspecified atom stereocenters. The first-order valence-corrected chi connectivity index (χ1v) is 3.70. The van der Waals surface area contributed by atoms with Gasteiger partial charge in [0.2, 0.25) is 0 Å². The number of aryl methyl sites for hydroxylation is 1. The minimum atomic E-state index is -0.229. The lowest BCUT2D eigenvalue weighted by atomic mass is 10.3. The van der Waals surface area contributed by atoms with Crippen molar-refractivity contribution in [3.8, 4) is 6.07 Å². The molecule has 1 N–H and O–H groups in total. The number of nitrogens with zero attached hydrogens (tertiary/aromatic N) is 3. The topological polar surface area (TPSA) is 74.0 Å². The molecule has 0 bridgehead atoms. The largest absolute Gasteiger partial charge is 0.343 e. The van der Waals surface area contributed by atoms with Crippen molar-refractivity contribution in [3.05, 3.63) is 33.9 Å². The molecule has 5 heteroatoms. The summed E-state index contributed by atoms with van der Waals surface area (Å²) < 4.78 is 1.17. The number of nitrogens with one attached hydrogen (secondary N) is 1. The van der Waals surface area contributed by atoms with E-state index in [0.29, 0.717) is 11.2 Å². The van der Waals surface area contributed by atoms with Gasteiger partial charge in [-0.05, 0) is 6.92 Å². The number of fused-ring (bicyclic) bond motifs is 1. The third-order valence-corrected chi connectivity index (χ3v) is 1.75. The van der Waals surface area contributed by atoms with Crippen molar-refractivity contribution in [1.29, 1.82) is 5.26 Å². The van der Waals surface area contributed by atoms with Crippen LogP contribution in [-0.4, -0.2) is 14.6 Å². The van der Waals surface area contributed by atoms with Crippen LogP contribution in [0.2, 0.25) is 0 Å². The maximum Gasteiger partial charge on any atom is 0.274 e. The predicted molar refractivity (Wildman–Crippen MR) is 45.3 cm³/mol. The molecule has 2 rings (SSSR count). The smallest absolute Gasteiger partial charge is 0.274 e. The van der Waals surface area contributed by atoms with Gasteiger partial charge >= 0.3 is 0 Å². The molecule has 0 spiro atoms. The summed E-state index contributed by atoms with van der Waals surface area (Å²) in [7, 11) is 0. The number of hydrogen-bond donors (Lipinski definition) is 1. The fourth-order valence-electron chi connectivity index (χ4n) is 1.19. The molecule has 0 saturated heterocycles. The van der Waals surface area contributed by atoms with E-state index >= 15 is 0 Å². The SMILES string of the molecule is Cc1cc(=O)n2ncc(C#N)c2[nH]1. The van der Waals surface area contributed by atoms with Gasteiger partial charge in [-0.25, -0.2) is 0 Å². The lowest BCUT2D eigenvalue weighted by Gasteiger charge is -1.94. The Labute approximate surface area is 73.2 Å². The third kappa shape index (κ3) is 0.999. The van der Waals surface area contributed by atoms with Crippen molar-refractivity contribution in [3.63, 3.8) is 0 Å². The molecular weight excluding hydrogens is 168 g/mol. The Kier molecular flexibility index (Phi) is 1.43. The summed E-state index contributed by atoms with van der Waals surface area (Å²) in [6.07, 6.45) is 1.37. The molecule has 64 valence electrons. The van der Waals surface area contributed by atoms with Crippen molar-refractivity contribution in [2.75, 3.05) is 0 Å². The van der Waals surface area contributed by atoms with Crippen molar-refractivity contribution < 1.29 is 0 Å². The van der Waals surface area contributed by atoms with Gasteiger partial charge in [-0.15, -0.1) is 0 Å². The van der Waals surface area contributed by atoms with Crippen LogP contribution >= 0.6 is 0 Å². The quantitative estimate of drug-likeness (QED) is 0.620. The Morgan fingerprint density at radius 1 is 1.69 bits per heavy atom. The molecule has 0 aliphatic carbocycles. The van der Waals surface area contributed by atoms with Crippen LogP contribution in [0.4, 0.5) is 0 Å². The zero-order chi connectivity index (χ0) is 9.42. The highest BCUT2D eigenvalue weighted by Crippen LogP contribution is 2.03. The minimum Gasteiger partial charge on any atom is -0.343 e. The third-order valence-electron chi connectivity index (χ3n) is 1.75. The molecule has 0 fully saturated rings. The lowest BCUT2D eigenvalue weighted by molar-refractivity contribution is 0.890. The zero-order valence-corrected chi connectivity index (χ0v) is 6.90. The van der Waals surface area contributed by atoms with Crippen molar-refractivity contribution in [1.82, 2.24) is 14.6 Å². The Bertz CT molecular complexity index is 558. The number of aromatic amines is 1. The Hall–Kier alpha value is -2.09. The molecule has 13 heavy (non-hydrogen) atoms. The highest BCUT2D eigenvalue weighted by molar-refractivity contribution is 5.53. The predicted octanol–water partition coefficient (Wildman–Crippen LogP) is 0.203. The maximum atomic E-state index is 11.3. The first kappa shape index (κ1) is 7.55. The van der Waals surface area contributed by atoms with E-state index in [0.717, 1.165) is 5.69 Å². The molecule has 0 aliphatic rings. The summed E-state index contributed by atoms with van der Waals surface area (Å²) in [5.41, 5.74) is 1.32. The van der Waals surface area contributed by atoms with Crippen molar-refractivity contribution >= 4 is 5.65 Å². The summed E-state index contributed by atoms with van der Waals surface area (Å²) in [6, 6.07) is 3.38. The molecule has 0 saturated carbocycles. The Morgan fingerprint density at radius 2 is 2.46 bits per heavy atom. The number of nitriles is 1.